The molecule has 0 amide bonds. The Bertz CT molecular complexity index is 756. The summed E-state index contributed by atoms with van der Waals surface area (Å²) < 4.78 is 19.0. The Balaban J connectivity index is 1.90. The number of methoxy groups -OCH3 is 1. The zero-order chi connectivity index (χ0) is 18.2. The molecule has 2 saturated carbocycles. The first-order chi connectivity index (χ1) is 11.6. The van der Waals surface area contributed by atoms with Crippen LogP contribution in [0.3, 0.4) is 0 Å². The van der Waals surface area contributed by atoms with Gasteiger partial charge < -0.3 is 9.84 Å². The molecular weight excluding hydrogens is 332 g/mol. The third-order valence-corrected chi connectivity index (χ3v) is 9.94. The number of fused-ring (bicyclic) bond motifs is 5. The highest BCUT2D eigenvalue weighted by molar-refractivity contribution is 7.86. The third kappa shape index (κ3) is 2.12. The van der Waals surface area contributed by atoms with E-state index >= 15 is 0 Å². The van der Waals surface area contributed by atoms with Crippen LogP contribution in [0.15, 0.2) is 17.0 Å². The summed E-state index contributed by atoms with van der Waals surface area (Å²) >= 11 is 0. The van der Waals surface area contributed by atoms with Crippen molar-refractivity contribution in [3.63, 3.8) is 0 Å². The first-order valence-electron chi connectivity index (χ1n) is 9.47. The van der Waals surface area contributed by atoms with Crippen molar-refractivity contribution in [2.75, 3.05) is 7.11 Å². The number of ether oxygens (including phenoxy) is 1. The van der Waals surface area contributed by atoms with Crippen LogP contribution in [-0.4, -0.2) is 21.7 Å². The minimum atomic E-state index is -1.11. The fourth-order valence-electron chi connectivity index (χ4n) is 6.79. The average Bonchev–Trinajstić information content (AvgIpc) is 2.75. The Hall–Kier alpha value is -1.03. The molecular formula is C21H30O3S. The van der Waals surface area contributed by atoms with Crippen molar-refractivity contribution in [2.45, 2.75) is 75.4 Å². The van der Waals surface area contributed by atoms with Gasteiger partial charge in [-0.3, -0.25) is 4.21 Å². The van der Waals surface area contributed by atoms with Crippen LogP contribution in [-0.2, 0) is 16.2 Å². The van der Waals surface area contributed by atoms with Gasteiger partial charge in [-0.1, -0.05) is 34.1 Å². The van der Waals surface area contributed by atoms with E-state index < -0.39 is 10.8 Å². The van der Waals surface area contributed by atoms with Gasteiger partial charge >= 0.3 is 0 Å². The molecule has 0 aromatic heterocycles. The molecule has 0 bridgehead atoms. The van der Waals surface area contributed by atoms with Gasteiger partial charge in [-0.2, -0.15) is 0 Å². The molecule has 25 heavy (non-hydrogen) atoms. The molecule has 5 unspecified atom stereocenters. The highest BCUT2D eigenvalue weighted by atomic mass is 32.2. The fourth-order valence-corrected chi connectivity index (χ4v) is 9.30. The van der Waals surface area contributed by atoms with Crippen LogP contribution < -0.4 is 4.74 Å². The van der Waals surface area contributed by atoms with Gasteiger partial charge in [0.05, 0.1) is 28.1 Å². The second-order valence-corrected chi connectivity index (χ2v) is 11.1. The summed E-state index contributed by atoms with van der Waals surface area (Å²) in [4.78, 5) is 0.801. The van der Waals surface area contributed by atoms with Gasteiger partial charge in [0, 0.05) is 17.0 Å². The maximum atomic E-state index is 13.7. The molecule has 5 atom stereocenters. The zero-order valence-corrected chi connectivity index (χ0v) is 16.8. The van der Waals surface area contributed by atoms with E-state index in [1.165, 1.54) is 12.8 Å². The van der Waals surface area contributed by atoms with Gasteiger partial charge in [-0.25, -0.2) is 0 Å². The molecule has 4 heteroatoms. The van der Waals surface area contributed by atoms with Crippen molar-refractivity contribution in [2.24, 2.45) is 16.7 Å². The van der Waals surface area contributed by atoms with Gasteiger partial charge in [0.15, 0.2) is 0 Å². The Morgan fingerprint density at radius 3 is 2.56 bits per heavy atom. The lowest BCUT2D eigenvalue weighted by molar-refractivity contribution is -0.0491. The van der Waals surface area contributed by atoms with E-state index in [2.05, 4.69) is 27.7 Å². The molecule has 1 aliphatic heterocycles. The van der Waals surface area contributed by atoms with Crippen molar-refractivity contribution in [3.05, 3.63) is 17.7 Å². The molecule has 1 aromatic rings. The minimum Gasteiger partial charge on any atom is -0.507 e. The number of phenolic OH excluding ortho intramolecular Hbond substituents is 1. The SMILES string of the molecule is COc1cc(O)c2c(c1)S(=O)C1C2(C)CCC2C(C)(C)CCCC21C. The van der Waals surface area contributed by atoms with Crippen LogP contribution in [0.1, 0.15) is 65.4 Å². The number of hydrogen-bond donors (Lipinski definition) is 1. The molecule has 0 saturated heterocycles. The summed E-state index contributed by atoms with van der Waals surface area (Å²) in [7, 11) is 0.485. The number of aromatic hydroxyl groups is 1. The number of hydrogen-bond acceptors (Lipinski definition) is 3. The topological polar surface area (TPSA) is 46.5 Å². The molecule has 3 nitrogen and oxygen atoms in total. The summed E-state index contributed by atoms with van der Waals surface area (Å²) in [5, 5.41) is 10.8. The zero-order valence-electron chi connectivity index (χ0n) is 16.0. The van der Waals surface area contributed by atoms with Gasteiger partial charge in [-0.05, 0) is 48.5 Å². The van der Waals surface area contributed by atoms with Crippen LogP contribution in [0, 0.1) is 16.7 Å². The summed E-state index contributed by atoms with van der Waals surface area (Å²) in [5.74, 6) is 1.44. The van der Waals surface area contributed by atoms with Gasteiger partial charge in [0.25, 0.3) is 0 Å². The molecule has 138 valence electrons. The smallest absolute Gasteiger partial charge is 0.124 e. The second-order valence-electron chi connectivity index (χ2n) is 9.55. The summed E-state index contributed by atoms with van der Waals surface area (Å²) in [6.07, 6.45) is 5.75. The Morgan fingerprint density at radius 1 is 1.16 bits per heavy atom. The number of phenols is 1. The monoisotopic (exact) mass is 362 g/mol. The average molecular weight is 363 g/mol. The molecule has 2 aliphatic carbocycles. The van der Waals surface area contributed by atoms with Crippen molar-refractivity contribution < 1.29 is 14.1 Å². The molecule has 0 radical (unpaired) electrons. The lowest BCUT2D eigenvalue weighted by atomic mass is 9.46. The van der Waals surface area contributed by atoms with Gasteiger partial charge in [-0.15, -0.1) is 0 Å². The quantitative estimate of drug-likeness (QED) is 0.782. The van der Waals surface area contributed by atoms with E-state index in [9.17, 15) is 9.32 Å². The van der Waals surface area contributed by atoms with Crippen LogP contribution in [0.5, 0.6) is 11.5 Å². The Labute approximate surface area is 153 Å². The predicted octanol–water partition coefficient (Wildman–Crippen LogP) is 4.77. The van der Waals surface area contributed by atoms with Gasteiger partial charge in [0.1, 0.15) is 11.5 Å². The van der Waals surface area contributed by atoms with E-state index in [4.69, 9.17) is 4.74 Å². The Morgan fingerprint density at radius 2 is 1.88 bits per heavy atom. The molecule has 1 aromatic carbocycles. The first kappa shape index (κ1) is 17.4. The minimum absolute atomic E-state index is 0.0539. The largest absolute Gasteiger partial charge is 0.507 e. The maximum absolute atomic E-state index is 13.7. The van der Waals surface area contributed by atoms with Crippen LogP contribution in [0.25, 0.3) is 0 Å². The third-order valence-electron chi connectivity index (χ3n) is 7.70. The highest BCUT2D eigenvalue weighted by Crippen LogP contribution is 2.67. The fraction of sp³-hybridized carbons (Fsp3) is 0.714. The molecule has 4 rings (SSSR count). The molecule has 3 aliphatic rings. The first-order valence-corrected chi connectivity index (χ1v) is 10.7. The normalized spacial score (nSPS) is 41.6. The van der Waals surface area contributed by atoms with Crippen molar-refractivity contribution >= 4 is 10.8 Å². The van der Waals surface area contributed by atoms with E-state index in [1.54, 1.807) is 13.2 Å². The summed E-state index contributed by atoms with van der Waals surface area (Å²) in [6.45, 7) is 9.39. The standard InChI is InChI=1S/C21H30O3S/c1-19(2)8-6-9-20(3)16(19)7-10-21(4)17-14(22)11-13(24-5)12-15(17)25(23)18(20)21/h11-12,16,18,22H,6-10H2,1-5H3. The molecule has 0 spiro atoms. The van der Waals surface area contributed by atoms with Crippen LogP contribution in [0.2, 0.25) is 0 Å². The lowest BCUT2D eigenvalue weighted by Crippen LogP contribution is -2.58. The van der Waals surface area contributed by atoms with Gasteiger partial charge in [0.2, 0.25) is 0 Å². The summed E-state index contributed by atoms with van der Waals surface area (Å²) in [5.41, 5.74) is 1.06. The predicted molar refractivity (Wildman–Crippen MR) is 101 cm³/mol. The number of rotatable bonds is 1. The van der Waals surface area contributed by atoms with E-state index in [0.717, 1.165) is 29.7 Å². The van der Waals surface area contributed by atoms with Crippen molar-refractivity contribution in [1.29, 1.82) is 0 Å². The van der Waals surface area contributed by atoms with E-state index in [-0.39, 0.29) is 21.8 Å². The second kappa shape index (κ2) is 5.25. The van der Waals surface area contributed by atoms with E-state index in [0.29, 0.717) is 17.1 Å². The van der Waals surface area contributed by atoms with Crippen LogP contribution in [0.4, 0.5) is 0 Å². The highest BCUT2D eigenvalue weighted by Gasteiger charge is 2.64. The van der Waals surface area contributed by atoms with Crippen molar-refractivity contribution in [1.82, 2.24) is 0 Å². The lowest BCUT2D eigenvalue weighted by Gasteiger charge is -2.60. The van der Waals surface area contributed by atoms with Crippen molar-refractivity contribution in [3.8, 4) is 11.5 Å². The summed E-state index contributed by atoms with van der Waals surface area (Å²) in [6, 6.07) is 3.57. The molecule has 2 fully saturated rings. The van der Waals surface area contributed by atoms with Crippen LogP contribution >= 0.6 is 0 Å². The number of benzene rings is 1. The maximum Gasteiger partial charge on any atom is 0.124 e. The molecule has 1 heterocycles. The van der Waals surface area contributed by atoms with E-state index in [1.807, 2.05) is 6.07 Å². The molecule has 1 N–H and O–H groups in total. The Kier molecular flexibility index (Phi) is 3.65.